The summed E-state index contributed by atoms with van der Waals surface area (Å²) in [5, 5.41) is 25.0. The fourth-order valence-corrected chi connectivity index (χ4v) is 9.41. The van der Waals surface area contributed by atoms with Crippen LogP contribution in [0.25, 0.3) is 33.1 Å². The average molecular weight is 830 g/mol. The van der Waals surface area contributed by atoms with Crippen molar-refractivity contribution in [3.63, 3.8) is 0 Å². The van der Waals surface area contributed by atoms with Crippen molar-refractivity contribution in [3.05, 3.63) is 60.0 Å². The first-order valence-electron chi connectivity index (χ1n) is 19.1. The average Bonchev–Trinajstić information content (AvgIpc) is 3.82. The molecule has 0 spiro atoms. The molecule has 3 aromatic heterocycles. The Balaban J connectivity index is 1.11. The van der Waals surface area contributed by atoms with E-state index in [1.165, 1.54) is 4.57 Å². The fourth-order valence-electron chi connectivity index (χ4n) is 8.46. The number of fused-ring (bicyclic) bond motifs is 2. The van der Waals surface area contributed by atoms with Gasteiger partial charge in [-0.2, -0.15) is 0 Å². The molecule has 4 heterocycles. The van der Waals surface area contributed by atoms with Crippen LogP contribution in [0.15, 0.2) is 48.8 Å². The van der Waals surface area contributed by atoms with Gasteiger partial charge >= 0.3 is 208 Å². The third-order valence-corrected chi connectivity index (χ3v) is 11.7. The summed E-state index contributed by atoms with van der Waals surface area (Å²) in [4.78, 5) is 31.5. The summed E-state index contributed by atoms with van der Waals surface area (Å²) < 4.78 is 38.4. The van der Waals surface area contributed by atoms with Gasteiger partial charge in [0.2, 0.25) is 0 Å². The van der Waals surface area contributed by atoms with Gasteiger partial charge in [-0.1, -0.05) is 0 Å². The van der Waals surface area contributed by atoms with Crippen LogP contribution < -0.4 is 4.46 Å². The number of halogens is 1. The number of hydrogen-bond donors (Lipinski definition) is 0. The minimum atomic E-state index is -1.12. The number of hydrogen-bond acceptors (Lipinski definition) is 9. The Kier molecular flexibility index (Phi) is 9.53. The van der Waals surface area contributed by atoms with Gasteiger partial charge in [-0.05, 0) is 66.2 Å². The smallest absolute Gasteiger partial charge is 0.443 e. The monoisotopic (exact) mass is 830 g/mol. The molecule has 0 radical (unpaired) electrons. The molecule has 9 rings (SSSR count). The van der Waals surface area contributed by atoms with Crippen molar-refractivity contribution in [1.82, 2.24) is 34.2 Å². The number of alkyl halides is 1. The van der Waals surface area contributed by atoms with E-state index in [-0.39, 0.29) is 18.2 Å². The Hall–Kier alpha value is -4.77. The first-order chi connectivity index (χ1) is 26.5. The van der Waals surface area contributed by atoms with Gasteiger partial charge in [-0.25, -0.2) is 14.0 Å². The minimum Gasteiger partial charge on any atom is -0.443 e. The number of nitriles is 1. The Morgan fingerprint density at radius 3 is 2.50 bits per heavy atom. The van der Waals surface area contributed by atoms with Gasteiger partial charge in [0.1, 0.15) is 16.9 Å². The third kappa shape index (κ3) is 7.66. The molecule has 3 saturated carbocycles. The van der Waals surface area contributed by atoms with Crippen LogP contribution in [0.2, 0.25) is 0 Å². The second-order valence-corrected chi connectivity index (χ2v) is 19.5. The Morgan fingerprint density at radius 1 is 1.05 bits per heavy atom. The number of carbonyl (C=O) groups is 2. The van der Waals surface area contributed by atoms with Crippen LogP contribution in [0, 0.1) is 15.6 Å². The first kappa shape index (κ1) is 38.1. The summed E-state index contributed by atoms with van der Waals surface area (Å²) in [6.07, 6.45) is 6.74. The van der Waals surface area contributed by atoms with E-state index in [2.05, 4.69) is 15.3 Å². The topological polar surface area (TPSA) is 142 Å². The molecule has 56 heavy (non-hydrogen) atoms. The van der Waals surface area contributed by atoms with E-state index in [4.69, 9.17) is 19.3 Å². The molecular weight excluding hydrogens is 782 g/mol. The fraction of sp³-hybridized carbons (Fsp3) is 0.512. The molecule has 5 aromatic rings. The van der Waals surface area contributed by atoms with Crippen LogP contribution in [0.5, 0.6) is 0 Å². The SMILES string of the molecule is CC(C)(C)OC(=O)N(Cc1cc2ccc(Cn3cc(-c4cc([Se]C#N)cc5c4cnn5C4CCCCO4)nn3)cc2n1C(=O)OC(C)(C)C)CC12CC(F)(C1)C2. The van der Waals surface area contributed by atoms with Crippen molar-refractivity contribution in [2.75, 3.05) is 13.2 Å². The van der Waals surface area contributed by atoms with Crippen molar-refractivity contribution >= 4 is 53.4 Å². The molecule has 13 nitrogen and oxygen atoms in total. The Labute approximate surface area is 331 Å². The van der Waals surface area contributed by atoms with Crippen molar-refractivity contribution in [2.45, 2.75) is 116 Å². The number of aromatic nitrogens is 6. The van der Waals surface area contributed by atoms with E-state index in [1.807, 2.05) is 95.0 Å². The van der Waals surface area contributed by atoms with Crippen molar-refractivity contribution < 1.29 is 28.2 Å². The summed E-state index contributed by atoms with van der Waals surface area (Å²) in [6.45, 7) is 12.3. The number of benzene rings is 2. The predicted molar refractivity (Wildman–Crippen MR) is 208 cm³/mol. The number of ether oxygens (including phenoxy) is 3. The molecule has 0 N–H and O–H groups in total. The van der Waals surface area contributed by atoms with Gasteiger partial charge < -0.3 is 14.4 Å². The van der Waals surface area contributed by atoms with Crippen molar-refractivity contribution in [2.24, 2.45) is 5.41 Å². The van der Waals surface area contributed by atoms with Crippen molar-refractivity contribution in [3.8, 4) is 16.2 Å². The maximum absolute atomic E-state index is 14.6. The van der Waals surface area contributed by atoms with E-state index in [0.717, 1.165) is 51.1 Å². The second-order valence-electron chi connectivity index (χ2n) is 17.7. The second kappa shape index (κ2) is 14.0. The van der Waals surface area contributed by atoms with Crippen LogP contribution in [0.4, 0.5) is 14.0 Å². The third-order valence-electron chi connectivity index (χ3n) is 10.6. The van der Waals surface area contributed by atoms with E-state index in [1.54, 1.807) is 9.58 Å². The maximum atomic E-state index is 14.6. The standard InChI is InChI=1S/C41H47FN8O5Se/c1-38(2,3)54-36(51)47(24-40-21-41(42,22-40)23-40)19-28-14-27-11-10-26(13-33(27)49(28)37(52)55-39(4,5)6)18-48-20-32(45-46-48)30-15-29(56-25-43)16-34-31(30)17-44-50(34)35-9-7-8-12-53-35/h10-11,13-17,20,35H,7-9,12,18-19,21-24H2,1-6H3. The van der Waals surface area contributed by atoms with Gasteiger partial charge in [0.05, 0.1) is 6.54 Å². The molecule has 1 aliphatic heterocycles. The number of nitrogens with zero attached hydrogens (tertiary/aromatic N) is 8. The molecule has 15 heteroatoms. The number of rotatable bonds is 9. The molecule has 1 amide bonds. The summed E-state index contributed by atoms with van der Waals surface area (Å²) >= 11 is -0.392. The van der Waals surface area contributed by atoms with E-state index in [0.29, 0.717) is 55.9 Å². The molecule has 3 aliphatic carbocycles. The van der Waals surface area contributed by atoms with Crippen LogP contribution in [-0.4, -0.2) is 91.4 Å². The zero-order chi connectivity index (χ0) is 39.6. The van der Waals surface area contributed by atoms with Gasteiger partial charge in [0.25, 0.3) is 0 Å². The van der Waals surface area contributed by atoms with E-state index < -0.39 is 44.0 Å². The predicted octanol–water partition coefficient (Wildman–Crippen LogP) is 7.22. The van der Waals surface area contributed by atoms with Crippen LogP contribution in [-0.2, 0) is 27.3 Å². The zero-order valence-corrected chi connectivity index (χ0v) is 34.4. The minimum absolute atomic E-state index is 0.0791. The van der Waals surface area contributed by atoms with Crippen LogP contribution >= 0.6 is 0 Å². The molecule has 4 fully saturated rings. The van der Waals surface area contributed by atoms with Crippen LogP contribution in [0.1, 0.15) is 97.6 Å². The van der Waals surface area contributed by atoms with Crippen molar-refractivity contribution in [1.29, 1.82) is 5.26 Å². The summed E-state index contributed by atoms with van der Waals surface area (Å²) in [7, 11) is 0. The molecule has 1 atom stereocenters. The van der Waals surface area contributed by atoms with Gasteiger partial charge in [0, 0.05) is 6.54 Å². The summed E-state index contributed by atoms with van der Waals surface area (Å²) in [5.74, 6) is 0. The molecule has 2 aromatic carbocycles. The van der Waals surface area contributed by atoms with E-state index >= 15 is 0 Å². The number of carbonyl (C=O) groups excluding carboxylic acids is 2. The molecular formula is C41H47FN8O5Se. The molecule has 4 aliphatic rings. The van der Waals surface area contributed by atoms with E-state index in [9.17, 15) is 19.2 Å². The van der Waals surface area contributed by atoms with Crippen LogP contribution in [0.3, 0.4) is 0 Å². The summed E-state index contributed by atoms with van der Waals surface area (Å²) in [5.41, 5.74) is 1.55. The quantitative estimate of drug-likeness (QED) is 0.141. The summed E-state index contributed by atoms with van der Waals surface area (Å²) in [6, 6.07) is 11.8. The normalized spacial score (nSPS) is 22.0. The van der Waals surface area contributed by atoms with Gasteiger partial charge in [-0.15, -0.1) is 0 Å². The first-order valence-corrected chi connectivity index (χ1v) is 20.8. The molecule has 294 valence electrons. The molecule has 2 bridgehead atoms. The molecule has 1 saturated heterocycles. The molecule has 1 unspecified atom stereocenters. The van der Waals surface area contributed by atoms with Gasteiger partial charge in [-0.3, -0.25) is 0 Å². The Morgan fingerprint density at radius 2 is 1.82 bits per heavy atom. The zero-order valence-electron chi connectivity index (χ0n) is 32.7. The van der Waals surface area contributed by atoms with Gasteiger partial charge in [0.15, 0.2) is 0 Å². The number of amides is 1. The Bertz CT molecular complexity index is 2350.